The highest BCUT2D eigenvalue weighted by molar-refractivity contribution is 5.75. The second-order valence-corrected chi connectivity index (χ2v) is 3.01. The first-order chi connectivity index (χ1) is 5.77. The largest absolute Gasteiger partial charge is 0.300 e. The van der Waals surface area contributed by atoms with E-state index in [0.29, 0.717) is 6.42 Å². The van der Waals surface area contributed by atoms with E-state index in [1.165, 1.54) is 12.8 Å². The molecule has 0 radical (unpaired) electrons. The van der Waals surface area contributed by atoms with Gasteiger partial charge >= 0.3 is 0 Å². The van der Waals surface area contributed by atoms with Crippen molar-refractivity contribution in [1.29, 1.82) is 0 Å². The van der Waals surface area contributed by atoms with Gasteiger partial charge in [-0.1, -0.05) is 13.3 Å². The van der Waals surface area contributed by atoms with Crippen LogP contribution in [0.2, 0.25) is 0 Å². The number of unbranched alkanes of at least 4 members (excludes halogenated alkanes) is 3. The number of hydrogen-bond donors (Lipinski definition) is 0. The van der Waals surface area contributed by atoms with E-state index in [-0.39, 0.29) is 5.78 Å². The normalized spacial score (nSPS) is 8.83. The van der Waals surface area contributed by atoms with Crippen molar-refractivity contribution in [2.45, 2.75) is 52.4 Å². The third-order valence-corrected chi connectivity index (χ3v) is 1.61. The molecular weight excluding hydrogens is 148 g/mol. The Morgan fingerprint density at radius 1 is 1.17 bits per heavy atom. The minimum Gasteiger partial charge on any atom is -0.300 e. The first-order valence-corrected chi connectivity index (χ1v) is 4.72. The Hall–Kier alpha value is -0.770. The molecule has 1 nitrogen and oxygen atoms in total. The maximum atomic E-state index is 10.5. The van der Waals surface area contributed by atoms with Crippen molar-refractivity contribution < 1.29 is 4.79 Å². The van der Waals surface area contributed by atoms with Gasteiger partial charge in [0, 0.05) is 19.3 Å². The van der Waals surface area contributed by atoms with Gasteiger partial charge in [0.15, 0.2) is 0 Å². The second kappa shape index (κ2) is 8.33. The minimum atomic E-state index is 0.269. The highest BCUT2D eigenvalue weighted by atomic mass is 16.1. The first-order valence-electron chi connectivity index (χ1n) is 4.72. The molecule has 1 heteroatoms. The van der Waals surface area contributed by atoms with Gasteiger partial charge in [0.2, 0.25) is 0 Å². The number of carbonyl (C=O) groups excluding carboxylic acids is 1. The van der Waals surface area contributed by atoms with E-state index in [1.54, 1.807) is 6.92 Å². The fraction of sp³-hybridized carbons (Fsp3) is 0.727. The van der Waals surface area contributed by atoms with E-state index in [1.807, 2.05) is 0 Å². The molecule has 12 heavy (non-hydrogen) atoms. The lowest BCUT2D eigenvalue weighted by atomic mass is 10.2. The summed E-state index contributed by atoms with van der Waals surface area (Å²) in [6.07, 6.45) is 5.90. The Morgan fingerprint density at radius 2 is 1.75 bits per heavy atom. The molecule has 0 aromatic carbocycles. The van der Waals surface area contributed by atoms with Gasteiger partial charge in [-0.3, -0.25) is 0 Å². The third-order valence-electron chi connectivity index (χ3n) is 1.61. The van der Waals surface area contributed by atoms with Crippen molar-refractivity contribution in [2.24, 2.45) is 0 Å². The molecule has 0 fully saturated rings. The molecule has 0 N–H and O–H groups in total. The van der Waals surface area contributed by atoms with E-state index in [4.69, 9.17) is 0 Å². The Bertz CT molecular complexity index is 171. The van der Waals surface area contributed by atoms with E-state index in [0.717, 1.165) is 19.3 Å². The third kappa shape index (κ3) is 9.23. The van der Waals surface area contributed by atoms with Crippen molar-refractivity contribution in [1.82, 2.24) is 0 Å². The standard InChI is InChI=1S/C11H18O/c1-3-4-5-6-7-8-9-10-11(2)12/h3-5,8-10H2,1-2H3. The highest BCUT2D eigenvalue weighted by Gasteiger charge is 1.89. The van der Waals surface area contributed by atoms with Gasteiger partial charge in [-0.15, -0.1) is 11.8 Å². The van der Waals surface area contributed by atoms with Crippen LogP contribution in [0, 0.1) is 11.8 Å². The molecular formula is C11H18O. The molecule has 0 unspecified atom stereocenters. The molecule has 0 aliphatic heterocycles. The van der Waals surface area contributed by atoms with Crippen LogP contribution < -0.4 is 0 Å². The number of rotatable bonds is 5. The van der Waals surface area contributed by atoms with Crippen LogP contribution >= 0.6 is 0 Å². The number of hydrogen-bond acceptors (Lipinski definition) is 1. The number of Topliss-reactive ketones (excluding diaryl/α,β-unsaturated/α-hetero) is 1. The molecule has 68 valence electrons. The van der Waals surface area contributed by atoms with Crippen LogP contribution in [0.1, 0.15) is 52.4 Å². The van der Waals surface area contributed by atoms with Crippen LogP contribution in [0.25, 0.3) is 0 Å². The van der Waals surface area contributed by atoms with Crippen LogP contribution in [0.5, 0.6) is 0 Å². The molecule has 0 amide bonds. The molecule has 0 spiro atoms. The van der Waals surface area contributed by atoms with Crippen LogP contribution in [0.3, 0.4) is 0 Å². The van der Waals surface area contributed by atoms with Gasteiger partial charge in [-0.2, -0.15) is 0 Å². The van der Waals surface area contributed by atoms with Crippen LogP contribution in [0.15, 0.2) is 0 Å². The lowest BCUT2D eigenvalue weighted by Crippen LogP contribution is -1.87. The number of ketones is 1. The zero-order valence-corrected chi connectivity index (χ0v) is 8.15. The van der Waals surface area contributed by atoms with Gasteiger partial charge < -0.3 is 4.79 Å². The predicted molar refractivity (Wildman–Crippen MR) is 51.8 cm³/mol. The summed E-state index contributed by atoms with van der Waals surface area (Å²) in [6, 6.07) is 0. The Labute approximate surface area is 75.5 Å². The zero-order chi connectivity index (χ0) is 9.23. The molecule has 0 aliphatic carbocycles. The zero-order valence-electron chi connectivity index (χ0n) is 8.15. The monoisotopic (exact) mass is 166 g/mol. The summed E-state index contributed by atoms with van der Waals surface area (Å²) in [5.74, 6) is 6.44. The molecule has 0 aromatic heterocycles. The van der Waals surface area contributed by atoms with Crippen molar-refractivity contribution in [3.05, 3.63) is 0 Å². The van der Waals surface area contributed by atoms with Gasteiger partial charge in [0.05, 0.1) is 0 Å². The summed E-state index contributed by atoms with van der Waals surface area (Å²) in [5.41, 5.74) is 0. The Balaban J connectivity index is 3.16. The van der Waals surface area contributed by atoms with Crippen molar-refractivity contribution >= 4 is 5.78 Å². The van der Waals surface area contributed by atoms with E-state index >= 15 is 0 Å². The van der Waals surface area contributed by atoms with E-state index in [2.05, 4.69) is 18.8 Å². The van der Waals surface area contributed by atoms with Gasteiger partial charge in [0.25, 0.3) is 0 Å². The fourth-order valence-corrected chi connectivity index (χ4v) is 0.868. The minimum absolute atomic E-state index is 0.269. The fourth-order valence-electron chi connectivity index (χ4n) is 0.868. The van der Waals surface area contributed by atoms with E-state index < -0.39 is 0 Å². The summed E-state index contributed by atoms with van der Waals surface area (Å²) >= 11 is 0. The maximum absolute atomic E-state index is 10.5. The van der Waals surface area contributed by atoms with Crippen LogP contribution in [-0.2, 0) is 4.79 Å². The lowest BCUT2D eigenvalue weighted by molar-refractivity contribution is -0.117. The van der Waals surface area contributed by atoms with Crippen molar-refractivity contribution in [3.63, 3.8) is 0 Å². The van der Waals surface area contributed by atoms with Gasteiger partial charge in [-0.25, -0.2) is 0 Å². The molecule has 0 aromatic rings. The van der Waals surface area contributed by atoms with Crippen molar-refractivity contribution in [2.75, 3.05) is 0 Å². The maximum Gasteiger partial charge on any atom is 0.129 e. The summed E-state index contributed by atoms with van der Waals surface area (Å²) in [4.78, 5) is 10.5. The molecule has 0 bridgehead atoms. The average molecular weight is 166 g/mol. The summed E-state index contributed by atoms with van der Waals surface area (Å²) in [6.45, 7) is 3.79. The molecule has 0 rings (SSSR count). The Morgan fingerprint density at radius 3 is 2.25 bits per heavy atom. The predicted octanol–water partition coefficient (Wildman–Crippen LogP) is 2.94. The van der Waals surface area contributed by atoms with E-state index in [9.17, 15) is 4.79 Å². The summed E-state index contributed by atoms with van der Waals surface area (Å²) in [5, 5.41) is 0. The SMILES string of the molecule is CCCCC#CCCCC(C)=O. The first kappa shape index (κ1) is 11.2. The van der Waals surface area contributed by atoms with Crippen LogP contribution in [-0.4, -0.2) is 5.78 Å². The smallest absolute Gasteiger partial charge is 0.129 e. The summed E-state index contributed by atoms with van der Waals surface area (Å²) in [7, 11) is 0. The molecule has 0 saturated carbocycles. The highest BCUT2D eigenvalue weighted by Crippen LogP contribution is 1.95. The van der Waals surface area contributed by atoms with Crippen molar-refractivity contribution in [3.8, 4) is 11.8 Å². The Kier molecular flexibility index (Phi) is 7.79. The summed E-state index contributed by atoms with van der Waals surface area (Å²) < 4.78 is 0. The number of carbonyl (C=O) groups is 1. The van der Waals surface area contributed by atoms with Gasteiger partial charge in [-0.05, 0) is 19.8 Å². The lowest BCUT2D eigenvalue weighted by Gasteiger charge is -1.88. The quantitative estimate of drug-likeness (QED) is 0.453. The average Bonchev–Trinajstić information content (AvgIpc) is 2.02. The molecule has 0 aliphatic rings. The van der Waals surface area contributed by atoms with Crippen LogP contribution in [0.4, 0.5) is 0 Å². The second-order valence-electron chi connectivity index (χ2n) is 3.01. The topological polar surface area (TPSA) is 17.1 Å². The van der Waals surface area contributed by atoms with Gasteiger partial charge in [0.1, 0.15) is 5.78 Å². The molecule has 0 heterocycles. The molecule has 0 atom stereocenters. The molecule has 0 saturated heterocycles.